The minimum atomic E-state index is -0.526. The molecule has 7 rings (SSSR count). The van der Waals surface area contributed by atoms with Crippen LogP contribution in [0.4, 0.5) is 44.9 Å². The van der Waals surface area contributed by atoms with E-state index < -0.39 is 21.7 Å². The van der Waals surface area contributed by atoms with E-state index in [9.17, 15) is 29.8 Å². The zero-order valence-electron chi connectivity index (χ0n) is 27.5. The van der Waals surface area contributed by atoms with E-state index in [1.54, 1.807) is 24.3 Å². The Hall–Kier alpha value is -7.45. The van der Waals surface area contributed by atoms with Gasteiger partial charge in [-0.15, -0.1) is 0 Å². The third-order valence-corrected chi connectivity index (χ3v) is 9.26. The number of nitrogens with zero attached hydrogens (tertiary/aromatic N) is 4. The fraction of sp³-hybridized carbons (Fsp3) is 0. The zero-order valence-corrected chi connectivity index (χ0v) is 28.3. The molecule has 0 aliphatic carbocycles. The first kappa shape index (κ1) is 34.0. The third-order valence-electron chi connectivity index (χ3n) is 8.26. The molecular formula is C39H27N7O6S. The van der Waals surface area contributed by atoms with E-state index >= 15 is 0 Å². The van der Waals surface area contributed by atoms with Gasteiger partial charge in [0.15, 0.2) is 5.13 Å². The summed E-state index contributed by atoms with van der Waals surface area (Å²) in [5, 5.41) is 28.3. The van der Waals surface area contributed by atoms with Crippen molar-refractivity contribution in [2.75, 3.05) is 21.3 Å². The van der Waals surface area contributed by atoms with Crippen molar-refractivity contribution in [3.05, 3.63) is 171 Å². The Bertz CT molecular complexity index is 2370. The van der Waals surface area contributed by atoms with Gasteiger partial charge < -0.3 is 16.4 Å². The molecule has 0 bridgehead atoms. The van der Waals surface area contributed by atoms with E-state index in [2.05, 4.69) is 16.7 Å². The summed E-state index contributed by atoms with van der Waals surface area (Å²) in [5.41, 5.74) is 12.2. The van der Waals surface area contributed by atoms with Crippen molar-refractivity contribution in [2.24, 2.45) is 0 Å². The standard InChI is InChI=1S/C39H27N7O6S/c40-28-8-1-24(2-9-28)27-7-22-35-36(23-27)53-39(43-35)44(31-18-10-29(11-19-31)41-37(47)25-3-14-33(15-4-25)45(49)50)32-20-12-30(13-21-32)42-38(48)26-5-16-34(17-6-26)46(51)52/h1-23H,40H2,(H,41,47)(H,42,48). The molecule has 0 saturated carbocycles. The van der Waals surface area contributed by atoms with Crippen molar-refractivity contribution >= 4 is 78.3 Å². The van der Waals surface area contributed by atoms with E-state index in [1.807, 2.05) is 65.6 Å². The number of aromatic nitrogens is 1. The summed E-state index contributed by atoms with van der Waals surface area (Å²) in [4.78, 5) is 53.6. The molecule has 0 aliphatic rings. The molecule has 0 spiro atoms. The summed E-state index contributed by atoms with van der Waals surface area (Å²) in [6.45, 7) is 0. The fourth-order valence-electron chi connectivity index (χ4n) is 5.50. The zero-order chi connectivity index (χ0) is 37.1. The Morgan fingerprint density at radius 2 is 1.06 bits per heavy atom. The number of amides is 2. The number of hydrogen-bond donors (Lipinski definition) is 3. The third kappa shape index (κ3) is 7.52. The van der Waals surface area contributed by atoms with Crippen LogP contribution in [0.25, 0.3) is 21.3 Å². The van der Waals surface area contributed by atoms with E-state index in [-0.39, 0.29) is 22.5 Å². The second-order valence-corrected chi connectivity index (χ2v) is 12.8. The maximum absolute atomic E-state index is 12.9. The van der Waals surface area contributed by atoms with Crippen molar-refractivity contribution in [1.29, 1.82) is 0 Å². The first-order valence-corrected chi connectivity index (χ1v) is 16.8. The summed E-state index contributed by atoms with van der Waals surface area (Å²) in [6.07, 6.45) is 0. The van der Waals surface area contributed by atoms with Gasteiger partial charge in [0, 0.05) is 63.8 Å². The second kappa shape index (κ2) is 14.4. The number of non-ortho nitro benzene ring substituents is 2. The van der Waals surface area contributed by atoms with Gasteiger partial charge in [0.25, 0.3) is 23.2 Å². The van der Waals surface area contributed by atoms with Crippen molar-refractivity contribution in [1.82, 2.24) is 4.98 Å². The number of fused-ring (bicyclic) bond motifs is 1. The van der Waals surface area contributed by atoms with Crippen LogP contribution in [0.3, 0.4) is 0 Å². The molecule has 14 heteroatoms. The molecule has 260 valence electrons. The first-order valence-electron chi connectivity index (χ1n) is 16.0. The molecule has 4 N–H and O–H groups in total. The maximum Gasteiger partial charge on any atom is 0.269 e. The van der Waals surface area contributed by atoms with Gasteiger partial charge in [-0.05, 0) is 108 Å². The number of thiazole rings is 1. The lowest BCUT2D eigenvalue weighted by molar-refractivity contribution is -0.385. The molecule has 1 aromatic heterocycles. The monoisotopic (exact) mass is 721 g/mol. The lowest BCUT2D eigenvalue weighted by atomic mass is 10.1. The summed E-state index contributed by atoms with van der Waals surface area (Å²) in [6, 6.07) is 38.7. The van der Waals surface area contributed by atoms with Gasteiger partial charge >= 0.3 is 0 Å². The first-order chi connectivity index (χ1) is 25.6. The number of carbonyl (C=O) groups is 2. The minimum absolute atomic E-state index is 0.109. The molecule has 7 aromatic rings. The van der Waals surface area contributed by atoms with Crippen LogP contribution in [-0.2, 0) is 0 Å². The lowest BCUT2D eigenvalue weighted by Gasteiger charge is -2.23. The average molecular weight is 722 g/mol. The number of rotatable bonds is 10. The van der Waals surface area contributed by atoms with Gasteiger partial charge in [-0.25, -0.2) is 4.98 Å². The molecule has 0 atom stereocenters. The average Bonchev–Trinajstić information content (AvgIpc) is 3.59. The quantitative estimate of drug-likeness (QED) is 0.0702. The predicted molar refractivity (Wildman–Crippen MR) is 206 cm³/mol. The highest BCUT2D eigenvalue weighted by Crippen LogP contribution is 2.41. The number of nitro groups is 2. The molecule has 0 fully saturated rings. The van der Waals surface area contributed by atoms with Crippen molar-refractivity contribution in [2.45, 2.75) is 0 Å². The van der Waals surface area contributed by atoms with Crippen LogP contribution < -0.4 is 21.3 Å². The van der Waals surface area contributed by atoms with Gasteiger partial charge in [-0.3, -0.25) is 34.7 Å². The van der Waals surface area contributed by atoms with Crippen molar-refractivity contribution in [3.63, 3.8) is 0 Å². The normalized spacial score (nSPS) is 10.8. The van der Waals surface area contributed by atoms with Crippen LogP contribution in [-0.4, -0.2) is 26.6 Å². The molecular weight excluding hydrogens is 695 g/mol. The Balaban J connectivity index is 1.18. The summed E-state index contributed by atoms with van der Waals surface area (Å²) in [7, 11) is 0. The number of nitrogen functional groups attached to an aromatic ring is 1. The van der Waals surface area contributed by atoms with E-state index in [1.165, 1.54) is 59.9 Å². The predicted octanol–water partition coefficient (Wildman–Crippen LogP) is 9.34. The number of benzene rings is 6. The fourth-order valence-corrected chi connectivity index (χ4v) is 6.54. The number of nitro benzene ring substituents is 2. The van der Waals surface area contributed by atoms with Crippen LogP contribution in [0.15, 0.2) is 140 Å². The topological polar surface area (TPSA) is 187 Å². The van der Waals surface area contributed by atoms with Crippen LogP contribution in [0.1, 0.15) is 20.7 Å². The molecule has 0 radical (unpaired) electrons. The number of anilines is 6. The Labute approximate surface area is 305 Å². The summed E-state index contributed by atoms with van der Waals surface area (Å²) >= 11 is 1.49. The highest BCUT2D eigenvalue weighted by Gasteiger charge is 2.19. The van der Waals surface area contributed by atoms with Gasteiger partial charge in [-0.1, -0.05) is 29.5 Å². The lowest BCUT2D eigenvalue weighted by Crippen LogP contribution is -2.13. The summed E-state index contributed by atoms with van der Waals surface area (Å²) < 4.78 is 0.957. The Morgan fingerprint density at radius 3 is 1.51 bits per heavy atom. The number of nitrogens with one attached hydrogen (secondary N) is 2. The Morgan fingerprint density at radius 1 is 0.604 bits per heavy atom. The number of nitrogens with two attached hydrogens (primary N) is 1. The van der Waals surface area contributed by atoms with E-state index in [0.717, 1.165) is 32.7 Å². The highest BCUT2D eigenvalue weighted by atomic mass is 32.1. The van der Waals surface area contributed by atoms with Crippen LogP contribution in [0.5, 0.6) is 0 Å². The van der Waals surface area contributed by atoms with E-state index in [0.29, 0.717) is 22.2 Å². The Kier molecular flexibility index (Phi) is 9.26. The van der Waals surface area contributed by atoms with Crippen molar-refractivity contribution in [3.8, 4) is 11.1 Å². The smallest absolute Gasteiger partial charge is 0.269 e. The maximum atomic E-state index is 12.9. The van der Waals surface area contributed by atoms with Gasteiger partial charge in [0.1, 0.15) is 0 Å². The van der Waals surface area contributed by atoms with Crippen molar-refractivity contribution < 1.29 is 19.4 Å². The minimum Gasteiger partial charge on any atom is -0.399 e. The molecule has 13 nitrogen and oxygen atoms in total. The van der Waals surface area contributed by atoms with Gasteiger partial charge in [-0.2, -0.15) is 0 Å². The molecule has 0 unspecified atom stereocenters. The van der Waals surface area contributed by atoms with Gasteiger partial charge in [0.05, 0.1) is 20.1 Å². The molecule has 1 heterocycles. The molecule has 6 aromatic carbocycles. The van der Waals surface area contributed by atoms with E-state index in [4.69, 9.17) is 10.7 Å². The van der Waals surface area contributed by atoms with Crippen LogP contribution in [0, 0.1) is 20.2 Å². The molecule has 0 aliphatic heterocycles. The largest absolute Gasteiger partial charge is 0.399 e. The molecule has 2 amide bonds. The van der Waals surface area contributed by atoms with Gasteiger partial charge in [0.2, 0.25) is 0 Å². The number of hydrogen-bond acceptors (Lipinski definition) is 10. The highest BCUT2D eigenvalue weighted by molar-refractivity contribution is 7.22. The van der Waals surface area contributed by atoms with Crippen LogP contribution >= 0.6 is 11.3 Å². The second-order valence-electron chi connectivity index (χ2n) is 11.7. The molecule has 0 saturated heterocycles. The molecule has 53 heavy (non-hydrogen) atoms. The van der Waals surface area contributed by atoms with Crippen LogP contribution in [0.2, 0.25) is 0 Å². The summed E-state index contributed by atoms with van der Waals surface area (Å²) in [5.74, 6) is -0.835. The SMILES string of the molecule is Nc1ccc(-c2ccc3nc(N(c4ccc(NC(=O)c5ccc([N+](=O)[O-])cc5)cc4)c4ccc(NC(=O)c5ccc([N+](=O)[O-])cc5)cc4)sc3c2)cc1. The number of carbonyl (C=O) groups excluding carboxylic acids is 2.